The first-order valence-corrected chi connectivity index (χ1v) is 5.74. The quantitative estimate of drug-likeness (QED) is 0.819. The average Bonchev–Trinajstić information content (AvgIpc) is 2.35. The average molecular weight is 227 g/mol. The largest absolute Gasteiger partial charge is 0.310 e. The zero-order valence-corrected chi connectivity index (χ0v) is 10.4. The molecular formula is C14H17N3. The lowest BCUT2D eigenvalue weighted by molar-refractivity contribution is 0.713. The number of nitrogens with zero attached hydrogens (tertiary/aromatic N) is 2. The van der Waals surface area contributed by atoms with Crippen LogP contribution in [-0.2, 0) is 0 Å². The van der Waals surface area contributed by atoms with Gasteiger partial charge in [-0.15, -0.1) is 0 Å². The molecular weight excluding hydrogens is 210 g/mol. The Balaban J connectivity index is 2.57. The van der Waals surface area contributed by atoms with Crippen LogP contribution in [0.25, 0.3) is 11.0 Å². The Morgan fingerprint density at radius 1 is 1.24 bits per heavy atom. The van der Waals surface area contributed by atoms with E-state index in [-0.39, 0.29) is 6.04 Å². The summed E-state index contributed by atoms with van der Waals surface area (Å²) in [4.78, 5) is 8.75. The van der Waals surface area contributed by atoms with E-state index in [4.69, 9.17) is 0 Å². The summed E-state index contributed by atoms with van der Waals surface area (Å²) in [5.41, 5.74) is 4.35. The molecule has 1 unspecified atom stereocenters. The number of allylic oxidation sites excluding steroid dienone is 1. The highest BCUT2D eigenvalue weighted by atomic mass is 14.9. The molecule has 17 heavy (non-hydrogen) atoms. The maximum Gasteiger partial charge on any atom is 0.0937 e. The number of para-hydroxylation sites is 1. The summed E-state index contributed by atoms with van der Waals surface area (Å²) in [6.45, 7) is 4.20. The van der Waals surface area contributed by atoms with Gasteiger partial charge in [0.1, 0.15) is 0 Å². The number of rotatable bonds is 3. The first-order chi connectivity index (χ1) is 8.22. The Kier molecular flexibility index (Phi) is 3.49. The fourth-order valence-corrected chi connectivity index (χ4v) is 1.93. The van der Waals surface area contributed by atoms with Crippen LogP contribution >= 0.6 is 0 Å². The second kappa shape index (κ2) is 5.06. The van der Waals surface area contributed by atoms with Crippen LogP contribution in [0.5, 0.6) is 0 Å². The normalized spacial score (nSPS) is 12.4. The lowest BCUT2D eigenvalue weighted by atomic mass is 10.0. The Bertz CT molecular complexity index is 537. The molecule has 0 aliphatic rings. The third-order valence-electron chi connectivity index (χ3n) is 2.68. The van der Waals surface area contributed by atoms with Gasteiger partial charge >= 0.3 is 0 Å². The highest BCUT2D eigenvalue weighted by molar-refractivity contribution is 5.78. The number of nitrogens with one attached hydrogen (secondary N) is 1. The highest BCUT2D eigenvalue weighted by Crippen LogP contribution is 2.22. The van der Waals surface area contributed by atoms with Crippen molar-refractivity contribution in [1.82, 2.24) is 15.3 Å². The molecule has 3 nitrogen and oxygen atoms in total. The molecule has 0 fully saturated rings. The van der Waals surface area contributed by atoms with E-state index >= 15 is 0 Å². The van der Waals surface area contributed by atoms with Gasteiger partial charge in [-0.05, 0) is 27.0 Å². The maximum absolute atomic E-state index is 4.43. The number of likely N-dealkylation sites (N-methyl/N-ethyl adjacent to an activating group) is 1. The van der Waals surface area contributed by atoms with Crippen LogP contribution in [0, 0.1) is 0 Å². The van der Waals surface area contributed by atoms with Gasteiger partial charge < -0.3 is 5.32 Å². The van der Waals surface area contributed by atoms with E-state index < -0.39 is 0 Å². The summed E-state index contributed by atoms with van der Waals surface area (Å²) in [6.07, 6.45) is 5.66. The van der Waals surface area contributed by atoms with Crippen LogP contribution in [0.15, 0.2) is 42.2 Å². The van der Waals surface area contributed by atoms with E-state index in [1.807, 2.05) is 19.2 Å². The maximum atomic E-state index is 4.43. The Morgan fingerprint density at radius 2 is 2.00 bits per heavy atom. The lowest BCUT2D eigenvalue weighted by Crippen LogP contribution is -2.15. The van der Waals surface area contributed by atoms with Gasteiger partial charge in [-0.1, -0.05) is 23.8 Å². The van der Waals surface area contributed by atoms with Gasteiger partial charge in [-0.2, -0.15) is 0 Å². The third-order valence-corrected chi connectivity index (χ3v) is 2.68. The molecule has 2 rings (SSSR count). The molecule has 0 amide bonds. The number of benzene rings is 1. The second-order valence-corrected chi connectivity index (χ2v) is 4.28. The monoisotopic (exact) mass is 227 g/mol. The molecule has 0 spiro atoms. The molecule has 1 aromatic carbocycles. The molecule has 0 bridgehead atoms. The SMILES string of the molecule is CNC(C=C(C)C)c1cccc2nccnc12. The lowest BCUT2D eigenvalue weighted by Gasteiger charge is -2.14. The fourth-order valence-electron chi connectivity index (χ4n) is 1.93. The van der Waals surface area contributed by atoms with Crippen LogP contribution in [0.2, 0.25) is 0 Å². The van der Waals surface area contributed by atoms with Gasteiger partial charge in [0.2, 0.25) is 0 Å². The first-order valence-electron chi connectivity index (χ1n) is 5.74. The topological polar surface area (TPSA) is 37.8 Å². The summed E-state index contributed by atoms with van der Waals surface area (Å²) >= 11 is 0. The summed E-state index contributed by atoms with van der Waals surface area (Å²) in [5, 5.41) is 3.30. The van der Waals surface area contributed by atoms with Gasteiger partial charge in [-0.3, -0.25) is 9.97 Å². The van der Waals surface area contributed by atoms with Gasteiger partial charge in [0, 0.05) is 18.0 Å². The molecule has 0 aliphatic heterocycles. The number of hydrogen-bond donors (Lipinski definition) is 1. The zero-order valence-electron chi connectivity index (χ0n) is 10.4. The second-order valence-electron chi connectivity index (χ2n) is 4.28. The van der Waals surface area contributed by atoms with Gasteiger partial charge in [0.15, 0.2) is 0 Å². The molecule has 1 heterocycles. The van der Waals surface area contributed by atoms with E-state index in [2.05, 4.69) is 41.3 Å². The van der Waals surface area contributed by atoms with Crippen LogP contribution in [0.1, 0.15) is 25.5 Å². The minimum Gasteiger partial charge on any atom is -0.310 e. The molecule has 2 aromatic rings. The van der Waals surface area contributed by atoms with E-state index in [0.717, 1.165) is 11.0 Å². The van der Waals surface area contributed by atoms with E-state index in [1.54, 1.807) is 12.4 Å². The third kappa shape index (κ3) is 2.50. The van der Waals surface area contributed by atoms with Crippen molar-refractivity contribution < 1.29 is 0 Å². The fraction of sp³-hybridized carbons (Fsp3) is 0.286. The molecule has 0 saturated heterocycles. The Labute approximate surface area is 102 Å². The Morgan fingerprint density at radius 3 is 2.71 bits per heavy atom. The van der Waals surface area contributed by atoms with Crippen molar-refractivity contribution in [3.63, 3.8) is 0 Å². The van der Waals surface area contributed by atoms with Crippen molar-refractivity contribution in [2.75, 3.05) is 7.05 Å². The van der Waals surface area contributed by atoms with Crippen molar-refractivity contribution in [2.24, 2.45) is 0 Å². The summed E-state index contributed by atoms with van der Waals surface area (Å²) in [7, 11) is 1.96. The molecule has 1 aromatic heterocycles. The van der Waals surface area contributed by atoms with Crippen LogP contribution < -0.4 is 5.32 Å². The van der Waals surface area contributed by atoms with E-state index in [0.29, 0.717) is 0 Å². The molecule has 0 radical (unpaired) electrons. The molecule has 1 atom stereocenters. The van der Waals surface area contributed by atoms with Crippen molar-refractivity contribution >= 4 is 11.0 Å². The molecule has 0 aliphatic carbocycles. The van der Waals surface area contributed by atoms with Gasteiger partial charge in [0.25, 0.3) is 0 Å². The van der Waals surface area contributed by atoms with Crippen molar-refractivity contribution in [1.29, 1.82) is 0 Å². The van der Waals surface area contributed by atoms with Gasteiger partial charge in [-0.25, -0.2) is 0 Å². The molecule has 0 saturated carbocycles. The first kappa shape index (κ1) is 11.7. The minimum atomic E-state index is 0.181. The molecule has 1 N–H and O–H groups in total. The Hall–Kier alpha value is -1.74. The number of aromatic nitrogens is 2. The highest BCUT2D eigenvalue weighted by Gasteiger charge is 2.10. The van der Waals surface area contributed by atoms with Gasteiger partial charge in [0.05, 0.1) is 17.1 Å². The van der Waals surface area contributed by atoms with Crippen molar-refractivity contribution in [2.45, 2.75) is 19.9 Å². The standard InChI is InChI=1S/C14H17N3/c1-10(2)9-13(15-3)11-5-4-6-12-14(11)17-8-7-16-12/h4-9,13,15H,1-3H3. The number of fused-ring (bicyclic) bond motifs is 1. The van der Waals surface area contributed by atoms with Crippen LogP contribution in [0.4, 0.5) is 0 Å². The van der Waals surface area contributed by atoms with E-state index in [9.17, 15) is 0 Å². The zero-order chi connectivity index (χ0) is 12.3. The van der Waals surface area contributed by atoms with Crippen LogP contribution in [-0.4, -0.2) is 17.0 Å². The molecule has 3 heteroatoms. The summed E-state index contributed by atoms with van der Waals surface area (Å²) in [6, 6.07) is 6.29. The van der Waals surface area contributed by atoms with Crippen LogP contribution in [0.3, 0.4) is 0 Å². The molecule has 88 valence electrons. The summed E-state index contributed by atoms with van der Waals surface area (Å²) < 4.78 is 0. The van der Waals surface area contributed by atoms with Crippen molar-refractivity contribution in [3.8, 4) is 0 Å². The van der Waals surface area contributed by atoms with E-state index in [1.165, 1.54) is 11.1 Å². The van der Waals surface area contributed by atoms with Crippen molar-refractivity contribution in [3.05, 3.63) is 47.8 Å². The summed E-state index contributed by atoms with van der Waals surface area (Å²) in [5.74, 6) is 0. The smallest absolute Gasteiger partial charge is 0.0937 e. The number of hydrogen-bond acceptors (Lipinski definition) is 3. The minimum absolute atomic E-state index is 0.181. The predicted octanol–water partition coefficient (Wildman–Crippen LogP) is 2.86. The predicted molar refractivity (Wildman–Crippen MR) is 70.8 cm³/mol.